The van der Waals surface area contributed by atoms with Gasteiger partial charge in [0, 0.05) is 6.04 Å². The van der Waals surface area contributed by atoms with Crippen molar-refractivity contribution in [3.05, 3.63) is 23.8 Å². The number of rotatable bonds is 10. The molecule has 1 aromatic carbocycles. The van der Waals surface area contributed by atoms with Crippen molar-refractivity contribution in [1.29, 1.82) is 0 Å². The first-order valence-corrected chi connectivity index (χ1v) is 7.76. The average molecular weight is 279 g/mol. The summed E-state index contributed by atoms with van der Waals surface area (Å²) in [6, 6.07) is 5.75. The second kappa shape index (κ2) is 9.65. The van der Waals surface area contributed by atoms with Crippen molar-refractivity contribution in [3.63, 3.8) is 0 Å². The Morgan fingerprint density at radius 2 is 1.70 bits per heavy atom. The summed E-state index contributed by atoms with van der Waals surface area (Å²) in [4.78, 5) is 0. The van der Waals surface area contributed by atoms with Crippen molar-refractivity contribution < 1.29 is 9.47 Å². The molecular formula is C17H29NO2. The van der Waals surface area contributed by atoms with Crippen LogP contribution in [0, 0.1) is 0 Å². The van der Waals surface area contributed by atoms with Crippen LogP contribution in [-0.4, -0.2) is 13.7 Å². The average Bonchev–Trinajstić information content (AvgIpc) is 2.45. The molecule has 0 aliphatic carbocycles. The molecule has 0 spiro atoms. The fraction of sp³-hybridized carbons (Fsp3) is 0.647. The normalized spacial score (nSPS) is 12.2. The molecule has 114 valence electrons. The first-order chi connectivity index (χ1) is 9.70. The summed E-state index contributed by atoms with van der Waals surface area (Å²) < 4.78 is 11.2. The number of unbranched alkanes of at least 4 members (excludes halogenated alkanes) is 5. The summed E-state index contributed by atoms with van der Waals surface area (Å²) in [5, 5.41) is 0. The molecule has 0 heterocycles. The lowest BCUT2D eigenvalue weighted by atomic mass is 10.1. The third kappa shape index (κ3) is 5.41. The van der Waals surface area contributed by atoms with Gasteiger partial charge in [-0.1, -0.05) is 45.1 Å². The van der Waals surface area contributed by atoms with Gasteiger partial charge in [-0.2, -0.15) is 0 Å². The molecule has 0 unspecified atom stereocenters. The molecule has 0 radical (unpaired) electrons. The molecule has 2 N–H and O–H groups in total. The maximum Gasteiger partial charge on any atom is 0.127 e. The maximum absolute atomic E-state index is 6.02. The van der Waals surface area contributed by atoms with Gasteiger partial charge in [-0.15, -0.1) is 0 Å². The van der Waals surface area contributed by atoms with E-state index >= 15 is 0 Å². The van der Waals surface area contributed by atoms with Gasteiger partial charge in [-0.3, -0.25) is 0 Å². The van der Waals surface area contributed by atoms with E-state index in [1.807, 2.05) is 25.1 Å². The molecule has 0 aromatic heterocycles. The summed E-state index contributed by atoms with van der Waals surface area (Å²) >= 11 is 0. The van der Waals surface area contributed by atoms with E-state index in [0.717, 1.165) is 30.1 Å². The van der Waals surface area contributed by atoms with Crippen molar-refractivity contribution in [2.45, 2.75) is 58.4 Å². The maximum atomic E-state index is 6.02. The highest BCUT2D eigenvalue weighted by Gasteiger charge is 2.13. The van der Waals surface area contributed by atoms with E-state index < -0.39 is 0 Å². The molecule has 0 bridgehead atoms. The van der Waals surface area contributed by atoms with Crippen LogP contribution in [0.4, 0.5) is 0 Å². The van der Waals surface area contributed by atoms with Crippen molar-refractivity contribution in [2.24, 2.45) is 5.73 Å². The minimum absolute atomic E-state index is 0.0919. The Kier molecular flexibility index (Phi) is 8.12. The summed E-state index contributed by atoms with van der Waals surface area (Å²) in [5.74, 6) is 1.66. The van der Waals surface area contributed by atoms with Gasteiger partial charge >= 0.3 is 0 Å². The zero-order valence-corrected chi connectivity index (χ0v) is 13.2. The first kappa shape index (κ1) is 16.8. The van der Waals surface area contributed by atoms with Crippen LogP contribution in [-0.2, 0) is 0 Å². The quantitative estimate of drug-likeness (QED) is 0.643. The monoisotopic (exact) mass is 279 g/mol. The molecule has 20 heavy (non-hydrogen) atoms. The molecule has 3 heteroatoms. The van der Waals surface area contributed by atoms with Crippen LogP contribution >= 0.6 is 0 Å². The van der Waals surface area contributed by atoms with Gasteiger partial charge in [-0.25, -0.2) is 0 Å². The number of ether oxygens (including phenoxy) is 2. The standard InChI is InChI=1S/C17H29NO2/c1-4-5-6-7-8-9-13-20-16-12-10-11-15(19-3)17(16)14(2)18/h10-12,14H,4-9,13,18H2,1-3H3/t14-/m0/s1. The Bertz CT molecular complexity index is 377. The lowest BCUT2D eigenvalue weighted by Gasteiger charge is -2.17. The van der Waals surface area contributed by atoms with Crippen LogP contribution < -0.4 is 15.2 Å². The molecule has 0 aliphatic rings. The van der Waals surface area contributed by atoms with Crippen molar-refractivity contribution in [1.82, 2.24) is 0 Å². The van der Waals surface area contributed by atoms with Crippen LogP contribution in [0.1, 0.15) is 64.0 Å². The van der Waals surface area contributed by atoms with Crippen LogP contribution in [0.15, 0.2) is 18.2 Å². The van der Waals surface area contributed by atoms with Gasteiger partial charge < -0.3 is 15.2 Å². The fourth-order valence-corrected chi connectivity index (χ4v) is 2.34. The minimum Gasteiger partial charge on any atom is -0.496 e. The number of methoxy groups -OCH3 is 1. The van der Waals surface area contributed by atoms with Crippen LogP contribution in [0.25, 0.3) is 0 Å². The second-order valence-electron chi connectivity index (χ2n) is 5.28. The third-order valence-corrected chi connectivity index (χ3v) is 3.46. The smallest absolute Gasteiger partial charge is 0.127 e. The predicted molar refractivity (Wildman–Crippen MR) is 84.5 cm³/mol. The Balaban J connectivity index is 2.43. The summed E-state index contributed by atoms with van der Waals surface area (Å²) in [6.45, 7) is 4.94. The molecule has 1 atom stereocenters. The van der Waals surface area contributed by atoms with Crippen LogP contribution in [0.5, 0.6) is 11.5 Å². The summed E-state index contributed by atoms with van der Waals surface area (Å²) in [6.07, 6.45) is 7.59. The number of benzene rings is 1. The third-order valence-electron chi connectivity index (χ3n) is 3.46. The van der Waals surface area contributed by atoms with Crippen molar-refractivity contribution in [2.75, 3.05) is 13.7 Å². The minimum atomic E-state index is -0.0919. The Morgan fingerprint density at radius 1 is 1.05 bits per heavy atom. The van der Waals surface area contributed by atoms with E-state index in [-0.39, 0.29) is 6.04 Å². The molecular weight excluding hydrogens is 250 g/mol. The Morgan fingerprint density at radius 3 is 2.35 bits per heavy atom. The van der Waals surface area contributed by atoms with E-state index in [9.17, 15) is 0 Å². The number of hydrogen-bond donors (Lipinski definition) is 1. The lowest BCUT2D eigenvalue weighted by Crippen LogP contribution is -2.10. The Labute approximate surface area is 123 Å². The molecule has 0 aliphatic heterocycles. The molecule has 0 saturated carbocycles. The summed E-state index contributed by atoms with van der Waals surface area (Å²) in [7, 11) is 1.67. The fourth-order valence-electron chi connectivity index (χ4n) is 2.34. The molecule has 0 amide bonds. The van der Waals surface area contributed by atoms with Crippen molar-refractivity contribution >= 4 is 0 Å². The van der Waals surface area contributed by atoms with E-state index in [1.165, 1.54) is 32.1 Å². The largest absolute Gasteiger partial charge is 0.496 e. The zero-order chi connectivity index (χ0) is 14.8. The van der Waals surface area contributed by atoms with Gasteiger partial charge in [0.25, 0.3) is 0 Å². The van der Waals surface area contributed by atoms with Crippen LogP contribution in [0.2, 0.25) is 0 Å². The molecule has 0 fully saturated rings. The van der Waals surface area contributed by atoms with Crippen molar-refractivity contribution in [3.8, 4) is 11.5 Å². The second-order valence-corrected chi connectivity index (χ2v) is 5.28. The highest BCUT2D eigenvalue weighted by Crippen LogP contribution is 2.32. The van der Waals surface area contributed by atoms with E-state index in [1.54, 1.807) is 7.11 Å². The van der Waals surface area contributed by atoms with E-state index in [4.69, 9.17) is 15.2 Å². The summed E-state index contributed by atoms with van der Waals surface area (Å²) in [5.41, 5.74) is 6.98. The zero-order valence-electron chi connectivity index (χ0n) is 13.2. The predicted octanol–water partition coefficient (Wildman–Crippen LogP) is 4.45. The molecule has 1 aromatic rings. The van der Waals surface area contributed by atoms with E-state index in [2.05, 4.69) is 6.92 Å². The van der Waals surface area contributed by atoms with E-state index in [0.29, 0.717) is 0 Å². The van der Waals surface area contributed by atoms with Gasteiger partial charge in [-0.05, 0) is 25.5 Å². The number of nitrogens with two attached hydrogens (primary N) is 1. The van der Waals surface area contributed by atoms with Crippen LogP contribution in [0.3, 0.4) is 0 Å². The lowest BCUT2D eigenvalue weighted by molar-refractivity contribution is 0.296. The number of hydrogen-bond acceptors (Lipinski definition) is 3. The molecule has 0 saturated heterocycles. The highest BCUT2D eigenvalue weighted by molar-refractivity contribution is 5.46. The Hall–Kier alpha value is -1.22. The molecule has 1 rings (SSSR count). The van der Waals surface area contributed by atoms with Gasteiger partial charge in [0.05, 0.1) is 19.3 Å². The highest BCUT2D eigenvalue weighted by atomic mass is 16.5. The molecule has 3 nitrogen and oxygen atoms in total. The first-order valence-electron chi connectivity index (χ1n) is 7.76. The SMILES string of the molecule is CCCCCCCCOc1cccc(OC)c1[C@H](C)N. The van der Waals surface area contributed by atoms with Gasteiger partial charge in [0.1, 0.15) is 11.5 Å². The van der Waals surface area contributed by atoms with Gasteiger partial charge in [0.2, 0.25) is 0 Å². The topological polar surface area (TPSA) is 44.5 Å². The van der Waals surface area contributed by atoms with Gasteiger partial charge in [0.15, 0.2) is 0 Å².